The van der Waals surface area contributed by atoms with Gasteiger partial charge in [-0.15, -0.1) is 0 Å². The molecular weight excluding hydrogens is 372 g/mol. The van der Waals surface area contributed by atoms with Gasteiger partial charge in [-0.05, 0) is 69.3 Å². The zero-order chi connectivity index (χ0) is 21.4. The van der Waals surface area contributed by atoms with E-state index in [1.807, 2.05) is 20.8 Å². The number of urea groups is 1. The smallest absolute Gasteiger partial charge is 0.321 e. The maximum atomic E-state index is 12.3. The summed E-state index contributed by atoms with van der Waals surface area (Å²) < 4.78 is 5.08. The van der Waals surface area contributed by atoms with Crippen molar-refractivity contribution in [2.24, 2.45) is 0 Å². The molecule has 4 N–H and O–H groups in total. The maximum absolute atomic E-state index is 12.3. The van der Waals surface area contributed by atoms with Gasteiger partial charge in [0.05, 0.1) is 13.7 Å². The minimum atomic E-state index is -0.546. The van der Waals surface area contributed by atoms with Crippen LogP contribution in [0.25, 0.3) is 0 Å². The number of anilines is 2. The fourth-order valence-electron chi connectivity index (χ4n) is 2.34. The van der Waals surface area contributed by atoms with Crippen molar-refractivity contribution in [2.75, 3.05) is 24.3 Å². The van der Waals surface area contributed by atoms with Crippen LogP contribution in [0.4, 0.5) is 16.2 Å². The highest BCUT2D eigenvalue weighted by molar-refractivity contribution is 6.04. The van der Waals surface area contributed by atoms with Crippen molar-refractivity contribution in [3.05, 3.63) is 54.1 Å². The van der Waals surface area contributed by atoms with Crippen molar-refractivity contribution in [1.29, 1.82) is 0 Å². The van der Waals surface area contributed by atoms with E-state index < -0.39 is 17.5 Å². The molecule has 0 aliphatic heterocycles. The summed E-state index contributed by atoms with van der Waals surface area (Å²) in [4.78, 5) is 35.8. The van der Waals surface area contributed by atoms with Crippen molar-refractivity contribution in [3.8, 4) is 5.75 Å². The van der Waals surface area contributed by atoms with Crippen molar-refractivity contribution in [2.45, 2.75) is 26.3 Å². The van der Waals surface area contributed by atoms with Gasteiger partial charge in [-0.3, -0.25) is 14.9 Å². The van der Waals surface area contributed by atoms with Gasteiger partial charge >= 0.3 is 6.03 Å². The molecule has 0 radical (unpaired) electrons. The van der Waals surface area contributed by atoms with Crippen LogP contribution < -0.4 is 26.0 Å². The third-order valence-corrected chi connectivity index (χ3v) is 3.69. The van der Waals surface area contributed by atoms with Crippen LogP contribution in [-0.2, 0) is 4.79 Å². The number of carbonyl (C=O) groups is 3. The number of rotatable bonds is 6. The lowest BCUT2D eigenvalue weighted by atomic mass is 10.1. The van der Waals surface area contributed by atoms with E-state index in [0.717, 1.165) is 0 Å². The second-order valence-electron chi connectivity index (χ2n) is 7.37. The Hall–Kier alpha value is -3.55. The molecule has 0 aromatic heterocycles. The summed E-state index contributed by atoms with van der Waals surface area (Å²) in [7, 11) is 1.58. The van der Waals surface area contributed by atoms with Gasteiger partial charge in [-0.1, -0.05) is 0 Å². The number of ether oxygens (including phenoxy) is 1. The minimum absolute atomic E-state index is 0.0745. The van der Waals surface area contributed by atoms with Crippen LogP contribution in [0.2, 0.25) is 0 Å². The molecule has 8 heteroatoms. The van der Waals surface area contributed by atoms with Gasteiger partial charge in [0.2, 0.25) is 5.91 Å². The highest BCUT2D eigenvalue weighted by Gasteiger charge is 2.15. The summed E-state index contributed by atoms with van der Waals surface area (Å²) in [5.74, 6) is -0.00950. The molecule has 0 spiro atoms. The first-order chi connectivity index (χ1) is 13.7. The SMILES string of the molecule is COc1ccc(NC(=O)c2ccc(NCC(=O)NC(=O)NC(C)(C)C)cc2)cc1. The fourth-order valence-corrected chi connectivity index (χ4v) is 2.34. The average Bonchev–Trinajstić information content (AvgIpc) is 2.65. The summed E-state index contributed by atoms with van der Waals surface area (Å²) in [5.41, 5.74) is 1.35. The Kier molecular flexibility index (Phi) is 7.19. The second-order valence-corrected chi connectivity index (χ2v) is 7.37. The third kappa shape index (κ3) is 7.53. The molecule has 4 amide bonds. The van der Waals surface area contributed by atoms with E-state index in [9.17, 15) is 14.4 Å². The number of methoxy groups -OCH3 is 1. The number of nitrogens with one attached hydrogen (secondary N) is 4. The number of carbonyl (C=O) groups excluding carboxylic acids is 3. The summed E-state index contributed by atoms with van der Waals surface area (Å²) in [6.45, 7) is 5.39. The van der Waals surface area contributed by atoms with Crippen LogP contribution in [0.1, 0.15) is 31.1 Å². The Morgan fingerprint density at radius 1 is 0.897 bits per heavy atom. The normalized spacial score (nSPS) is 10.6. The van der Waals surface area contributed by atoms with Gasteiger partial charge in [-0.25, -0.2) is 4.79 Å². The van der Waals surface area contributed by atoms with Gasteiger partial charge < -0.3 is 20.7 Å². The molecule has 29 heavy (non-hydrogen) atoms. The lowest BCUT2D eigenvalue weighted by Crippen LogP contribution is -2.49. The van der Waals surface area contributed by atoms with Crippen molar-refractivity contribution in [1.82, 2.24) is 10.6 Å². The zero-order valence-electron chi connectivity index (χ0n) is 17.0. The van der Waals surface area contributed by atoms with Crippen LogP contribution in [0.15, 0.2) is 48.5 Å². The van der Waals surface area contributed by atoms with Gasteiger partial charge in [0.1, 0.15) is 5.75 Å². The number of hydrogen-bond donors (Lipinski definition) is 4. The third-order valence-electron chi connectivity index (χ3n) is 3.69. The first-order valence-electron chi connectivity index (χ1n) is 9.07. The van der Waals surface area contributed by atoms with Gasteiger partial charge in [0, 0.05) is 22.5 Å². The van der Waals surface area contributed by atoms with E-state index in [-0.39, 0.29) is 12.5 Å². The molecule has 0 saturated carbocycles. The highest BCUT2D eigenvalue weighted by Crippen LogP contribution is 2.16. The molecule has 154 valence electrons. The van der Waals surface area contributed by atoms with E-state index in [2.05, 4.69) is 21.3 Å². The Balaban J connectivity index is 1.83. The molecule has 2 aromatic rings. The van der Waals surface area contributed by atoms with Gasteiger partial charge in [0.25, 0.3) is 5.91 Å². The quantitative estimate of drug-likeness (QED) is 0.598. The van der Waals surface area contributed by atoms with E-state index >= 15 is 0 Å². The van der Waals surface area contributed by atoms with E-state index in [0.29, 0.717) is 22.7 Å². The first-order valence-corrected chi connectivity index (χ1v) is 9.07. The van der Waals surface area contributed by atoms with Crippen molar-refractivity contribution >= 4 is 29.2 Å². The van der Waals surface area contributed by atoms with Crippen molar-refractivity contribution in [3.63, 3.8) is 0 Å². The second kappa shape index (κ2) is 9.59. The molecule has 0 atom stereocenters. The number of imide groups is 1. The van der Waals surface area contributed by atoms with Crippen LogP contribution in [0.5, 0.6) is 5.75 Å². The zero-order valence-corrected chi connectivity index (χ0v) is 17.0. The minimum Gasteiger partial charge on any atom is -0.497 e. The lowest BCUT2D eigenvalue weighted by molar-refractivity contribution is -0.118. The molecule has 8 nitrogen and oxygen atoms in total. The molecule has 0 saturated heterocycles. The fraction of sp³-hybridized carbons (Fsp3) is 0.286. The average molecular weight is 398 g/mol. The van der Waals surface area contributed by atoms with Crippen molar-refractivity contribution < 1.29 is 19.1 Å². The summed E-state index contributed by atoms with van der Waals surface area (Å²) in [5, 5.41) is 10.6. The van der Waals surface area contributed by atoms with Crippen LogP contribution in [0.3, 0.4) is 0 Å². The molecule has 0 unspecified atom stereocenters. The molecular formula is C21H26N4O4. The molecule has 0 heterocycles. The highest BCUT2D eigenvalue weighted by atomic mass is 16.5. The Morgan fingerprint density at radius 2 is 1.48 bits per heavy atom. The first kappa shape index (κ1) is 21.7. The molecule has 2 aromatic carbocycles. The summed E-state index contributed by atoms with van der Waals surface area (Å²) >= 11 is 0. The largest absolute Gasteiger partial charge is 0.497 e. The molecule has 2 rings (SSSR count). The number of hydrogen-bond acceptors (Lipinski definition) is 5. The number of amides is 4. The van der Waals surface area contributed by atoms with Crippen LogP contribution >= 0.6 is 0 Å². The molecule has 0 aliphatic carbocycles. The van der Waals surface area contributed by atoms with Gasteiger partial charge in [0.15, 0.2) is 0 Å². The monoisotopic (exact) mass is 398 g/mol. The lowest BCUT2D eigenvalue weighted by Gasteiger charge is -2.20. The Labute approximate surface area is 170 Å². The topological polar surface area (TPSA) is 109 Å². The summed E-state index contributed by atoms with van der Waals surface area (Å²) in [6, 6.07) is 13.1. The standard InChI is InChI=1S/C21H26N4O4/c1-21(2,3)25-20(28)24-18(26)13-22-15-7-5-14(6-8-15)19(27)23-16-9-11-17(29-4)12-10-16/h5-12,22H,13H2,1-4H3,(H,23,27)(H2,24,25,26,28). The molecule has 0 fully saturated rings. The Bertz CT molecular complexity index is 856. The Morgan fingerprint density at radius 3 is 2.03 bits per heavy atom. The van der Waals surface area contributed by atoms with Gasteiger partial charge in [-0.2, -0.15) is 0 Å². The van der Waals surface area contributed by atoms with Crippen LogP contribution in [0, 0.1) is 0 Å². The predicted molar refractivity (Wildman–Crippen MR) is 112 cm³/mol. The number of benzene rings is 2. The summed E-state index contributed by atoms with van der Waals surface area (Å²) in [6.07, 6.45) is 0. The predicted octanol–water partition coefficient (Wildman–Crippen LogP) is 2.98. The molecule has 0 aliphatic rings. The molecule has 0 bridgehead atoms. The van der Waals surface area contributed by atoms with E-state index in [1.54, 1.807) is 55.6 Å². The van der Waals surface area contributed by atoms with E-state index in [1.165, 1.54) is 0 Å². The van der Waals surface area contributed by atoms with E-state index in [4.69, 9.17) is 4.74 Å². The van der Waals surface area contributed by atoms with Crippen LogP contribution in [-0.4, -0.2) is 37.0 Å². The maximum Gasteiger partial charge on any atom is 0.321 e.